The molecule has 1 aliphatic heterocycles. The summed E-state index contributed by atoms with van der Waals surface area (Å²) in [6.07, 6.45) is 4.57. The molecule has 0 unspecified atom stereocenters. The molecule has 3 rings (SSSR count). The Hall–Kier alpha value is -1.46. The highest BCUT2D eigenvalue weighted by Crippen LogP contribution is 2.21. The number of benzene rings is 1. The average Bonchev–Trinajstić information content (AvgIpc) is 3.12. The van der Waals surface area contributed by atoms with Crippen molar-refractivity contribution in [2.45, 2.75) is 31.8 Å². The van der Waals surface area contributed by atoms with E-state index in [9.17, 15) is 0 Å². The van der Waals surface area contributed by atoms with Gasteiger partial charge in [-0.3, -0.25) is 5.43 Å². The summed E-state index contributed by atoms with van der Waals surface area (Å²) in [7, 11) is 0. The van der Waals surface area contributed by atoms with Crippen LogP contribution >= 0.6 is 12.2 Å². The van der Waals surface area contributed by atoms with Gasteiger partial charge in [0.05, 0.1) is 11.8 Å². The van der Waals surface area contributed by atoms with Gasteiger partial charge in [0.2, 0.25) is 0 Å². The van der Waals surface area contributed by atoms with Crippen molar-refractivity contribution in [3.8, 4) is 0 Å². The molecule has 0 radical (unpaired) electrons. The minimum absolute atomic E-state index is 0.287. The third kappa shape index (κ3) is 3.16. The highest BCUT2D eigenvalue weighted by Gasteiger charge is 2.17. The summed E-state index contributed by atoms with van der Waals surface area (Å²) in [5.74, 6) is 0. The van der Waals surface area contributed by atoms with E-state index in [1.165, 1.54) is 11.1 Å². The second-order valence-electron chi connectivity index (χ2n) is 5.17. The first-order valence-corrected chi connectivity index (χ1v) is 7.54. The Balaban J connectivity index is 1.51. The monoisotopic (exact) mass is 289 g/mol. The highest BCUT2D eigenvalue weighted by molar-refractivity contribution is 7.80. The predicted molar refractivity (Wildman–Crippen MR) is 84.0 cm³/mol. The van der Waals surface area contributed by atoms with E-state index in [1.807, 2.05) is 6.07 Å². The van der Waals surface area contributed by atoms with E-state index in [2.05, 4.69) is 34.0 Å². The Morgan fingerprint density at radius 1 is 1.35 bits per heavy atom. The van der Waals surface area contributed by atoms with Gasteiger partial charge in [-0.15, -0.1) is 0 Å². The highest BCUT2D eigenvalue weighted by atomic mass is 32.1. The Labute approximate surface area is 124 Å². The van der Waals surface area contributed by atoms with Crippen LogP contribution in [0.2, 0.25) is 0 Å². The maximum atomic E-state index is 5.54. The third-order valence-corrected chi connectivity index (χ3v) is 4.00. The van der Waals surface area contributed by atoms with E-state index >= 15 is 0 Å². The van der Waals surface area contributed by atoms with Crippen molar-refractivity contribution in [3.63, 3.8) is 0 Å². The minimum atomic E-state index is 0.287. The van der Waals surface area contributed by atoms with Gasteiger partial charge in [-0.05, 0) is 43.5 Å². The summed E-state index contributed by atoms with van der Waals surface area (Å²) in [6, 6.07) is 8.40. The first kappa shape index (κ1) is 13.5. The zero-order valence-corrected chi connectivity index (χ0v) is 12.2. The molecule has 1 aromatic carbocycles. The topological polar surface area (TPSA) is 45.6 Å². The second-order valence-corrected chi connectivity index (χ2v) is 5.58. The van der Waals surface area contributed by atoms with Crippen molar-refractivity contribution < 1.29 is 4.74 Å². The molecule has 106 valence electrons. The maximum absolute atomic E-state index is 5.54. The molecule has 0 spiro atoms. The summed E-state index contributed by atoms with van der Waals surface area (Å²) >= 11 is 5.24. The smallest absolute Gasteiger partial charge is 0.187 e. The van der Waals surface area contributed by atoms with Crippen LogP contribution < -0.4 is 10.7 Å². The van der Waals surface area contributed by atoms with Crippen molar-refractivity contribution in [3.05, 3.63) is 35.4 Å². The lowest BCUT2D eigenvalue weighted by molar-refractivity contribution is 0.114. The van der Waals surface area contributed by atoms with Gasteiger partial charge in [0.1, 0.15) is 0 Å². The molecule has 2 aliphatic rings. The van der Waals surface area contributed by atoms with Crippen molar-refractivity contribution in [1.82, 2.24) is 10.7 Å². The third-order valence-electron chi connectivity index (χ3n) is 3.77. The lowest BCUT2D eigenvalue weighted by Crippen LogP contribution is -2.37. The molecule has 1 atom stereocenters. The number of thiocarbonyl (C=S) groups is 1. The summed E-state index contributed by atoms with van der Waals surface area (Å²) < 4.78 is 5.54. The van der Waals surface area contributed by atoms with E-state index in [4.69, 9.17) is 17.0 Å². The Bertz CT molecular complexity index is 524. The quantitative estimate of drug-likeness (QED) is 0.660. The largest absolute Gasteiger partial charge is 0.376 e. The Morgan fingerprint density at radius 2 is 2.25 bits per heavy atom. The Morgan fingerprint density at radius 3 is 3.10 bits per heavy atom. The second kappa shape index (κ2) is 6.33. The number of hydrazone groups is 1. The lowest BCUT2D eigenvalue weighted by atomic mass is 10.1. The fraction of sp³-hybridized carbons (Fsp3) is 0.467. The number of nitrogens with zero attached hydrogens (tertiary/aromatic N) is 1. The van der Waals surface area contributed by atoms with E-state index in [0.29, 0.717) is 5.11 Å². The number of aryl methyl sites for hydroxylation is 1. The number of hydrogen-bond acceptors (Lipinski definition) is 3. The molecule has 1 aliphatic carbocycles. The van der Waals surface area contributed by atoms with Gasteiger partial charge < -0.3 is 10.1 Å². The van der Waals surface area contributed by atoms with E-state index < -0.39 is 0 Å². The molecule has 0 amide bonds. The number of fused-ring (bicyclic) bond motifs is 1. The average molecular weight is 289 g/mol. The standard InChI is InChI=1S/C15H19N3OS/c20-15(16-10-12-5-3-9-19-12)18-17-14-8-7-11-4-1-2-6-13(11)14/h1-2,4,6,12H,3,5,7-10H2,(H2,16,18,20)/b17-14+/t12-/m1/s1. The van der Waals surface area contributed by atoms with E-state index in [1.54, 1.807) is 0 Å². The van der Waals surface area contributed by atoms with Gasteiger partial charge in [-0.1, -0.05) is 24.3 Å². The normalized spacial score (nSPS) is 22.8. The van der Waals surface area contributed by atoms with Crippen LogP contribution in [0.1, 0.15) is 30.4 Å². The van der Waals surface area contributed by atoms with Crippen molar-refractivity contribution in [2.24, 2.45) is 5.10 Å². The predicted octanol–water partition coefficient (Wildman–Crippen LogP) is 1.98. The SMILES string of the molecule is S=C(NC[C@H]1CCCO1)N/N=C1\CCc2ccccc21. The van der Waals surface area contributed by atoms with Crippen LogP contribution in [0.3, 0.4) is 0 Å². The van der Waals surface area contributed by atoms with Crippen LogP contribution in [0.15, 0.2) is 29.4 Å². The fourth-order valence-electron chi connectivity index (χ4n) is 2.69. The molecule has 1 saturated heterocycles. The van der Waals surface area contributed by atoms with Crippen molar-refractivity contribution in [2.75, 3.05) is 13.2 Å². The van der Waals surface area contributed by atoms with Gasteiger partial charge in [-0.2, -0.15) is 5.10 Å². The molecule has 1 fully saturated rings. The van der Waals surface area contributed by atoms with Crippen LogP contribution in [0.25, 0.3) is 0 Å². The maximum Gasteiger partial charge on any atom is 0.187 e. The van der Waals surface area contributed by atoms with Gasteiger partial charge in [0.15, 0.2) is 5.11 Å². The molecule has 4 nitrogen and oxygen atoms in total. The summed E-state index contributed by atoms with van der Waals surface area (Å²) in [4.78, 5) is 0. The molecule has 0 saturated carbocycles. The molecule has 1 aromatic rings. The number of rotatable bonds is 3. The van der Waals surface area contributed by atoms with Crippen molar-refractivity contribution in [1.29, 1.82) is 0 Å². The van der Waals surface area contributed by atoms with Gasteiger partial charge in [0, 0.05) is 18.7 Å². The van der Waals surface area contributed by atoms with E-state index in [0.717, 1.165) is 44.5 Å². The van der Waals surface area contributed by atoms with Crippen LogP contribution in [0, 0.1) is 0 Å². The number of hydrogen-bond donors (Lipinski definition) is 2. The zero-order chi connectivity index (χ0) is 13.8. The van der Waals surface area contributed by atoms with Crippen molar-refractivity contribution >= 4 is 23.0 Å². The van der Waals surface area contributed by atoms with Crippen LogP contribution in [0.4, 0.5) is 0 Å². The first-order chi connectivity index (χ1) is 9.83. The molecule has 20 heavy (non-hydrogen) atoms. The first-order valence-electron chi connectivity index (χ1n) is 7.13. The molecule has 0 bridgehead atoms. The van der Waals surface area contributed by atoms with E-state index in [-0.39, 0.29) is 6.10 Å². The lowest BCUT2D eigenvalue weighted by Gasteiger charge is -2.12. The van der Waals surface area contributed by atoms with Gasteiger partial charge in [0.25, 0.3) is 0 Å². The molecule has 2 N–H and O–H groups in total. The fourth-order valence-corrected chi connectivity index (χ4v) is 2.82. The zero-order valence-electron chi connectivity index (χ0n) is 11.4. The molecular formula is C15H19N3OS. The molecule has 1 heterocycles. The number of ether oxygens (including phenoxy) is 1. The summed E-state index contributed by atoms with van der Waals surface area (Å²) in [5.41, 5.74) is 6.63. The van der Waals surface area contributed by atoms with Gasteiger partial charge >= 0.3 is 0 Å². The number of nitrogens with one attached hydrogen (secondary N) is 2. The minimum Gasteiger partial charge on any atom is -0.376 e. The van der Waals surface area contributed by atoms with Gasteiger partial charge in [-0.25, -0.2) is 0 Å². The molecule has 0 aromatic heterocycles. The van der Waals surface area contributed by atoms with Crippen LogP contribution in [-0.2, 0) is 11.2 Å². The Kier molecular flexibility index (Phi) is 4.28. The van der Waals surface area contributed by atoms with Crippen LogP contribution in [0.5, 0.6) is 0 Å². The summed E-state index contributed by atoms with van der Waals surface area (Å²) in [6.45, 7) is 1.62. The van der Waals surface area contributed by atoms with Crippen LogP contribution in [-0.4, -0.2) is 30.1 Å². The molecule has 5 heteroatoms. The summed E-state index contributed by atoms with van der Waals surface area (Å²) in [5, 5.41) is 8.16. The molecular weight excluding hydrogens is 270 g/mol.